The molecule has 0 bridgehead atoms. The predicted octanol–water partition coefficient (Wildman–Crippen LogP) is 4.34. The number of aliphatic hydroxyl groups is 2. The number of hydrogen-bond acceptors (Lipinski definition) is 5. The summed E-state index contributed by atoms with van der Waals surface area (Å²) in [6, 6.07) is 8.80. The first-order valence-electron chi connectivity index (χ1n) is 12.4. The van der Waals surface area contributed by atoms with Crippen LogP contribution in [0.1, 0.15) is 55.6 Å². The van der Waals surface area contributed by atoms with Gasteiger partial charge in [0, 0.05) is 29.1 Å². The van der Waals surface area contributed by atoms with E-state index >= 15 is 0 Å². The van der Waals surface area contributed by atoms with Gasteiger partial charge in [-0.05, 0) is 60.6 Å². The quantitative estimate of drug-likeness (QED) is 0.383. The molecule has 2 fully saturated rings. The van der Waals surface area contributed by atoms with Crippen molar-refractivity contribution < 1.29 is 24.2 Å². The van der Waals surface area contributed by atoms with Crippen molar-refractivity contribution in [2.75, 3.05) is 11.9 Å². The average Bonchev–Trinajstić information content (AvgIpc) is 3.54. The van der Waals surface area contributed by atoms with E-state index in [1.54, 1.807) is 18.2 Å². The highest BCUT2D eigenvalue weighted by atomic mass is 35.5. The fourth-order valence-corrected chi connectivity index (χ4v) is 6.42. The molecule has 2 aliphatic heterocycles. The number of anilines is 1. The van der Waals surface area contributed by atoms with Crippen LogP contribution >= 0.6 is 23.2 Å². The minimum Gasteiger partial charge on any atom is -0.394 e. The molecule has 2 aromatic carbocycles. The second kappa shape index (κ2) is 10.0. The summed E-state index contributed by atoms with van der Waals surface area (Å²) in [4.78, 5) is 27.6. The molecule has 1 amide bonds. The maximum atomic E-state index is 14.8. The molecule has 1 aliphatic carbocycles. The number of aliphatic hydroxyl groups excluding tert-OH is 2. The number of amides is 1. The van der Waals surface area contributed by atoms with Gasteiger partial charge in [-0.1, -0.05) is 48.2 Å². The number of hydrogen-bond donors (Lipinski definition) is 4. The number of halogens is 3. The van der Waals surface area contributed by atoms with Crippen molar-refractivity contribution in [1.82, 2.24) is 5.32 Å². The molecule has 5 atom stereocenters. The minimum absolute atomic E-state index is 0.0785. The van der Waals surface area contributed by atoms with Crippen molar-refractivity contribution in [1.29, 1.82) is 0 Å². The molecule has 192 valence electrons. The molecule has 1 saturated heterocycles. The zero-order valence-corrected chi connectivity index (χ0v) is 21.2. The molecule has 5 rings (SSSR count). The Morgan fingerprint density at radius 2 is 2.00 bits per heavy atom. The Balaban J connectivity index is 1.62. The average molecular weight is 535 g/mol. The van der Waals surface area contributed by atoms with Gasteiger partial charge < -0.3 is 20.8 Å². The van der Waals surface area contributed by atoms with Gasteiger partial charge in [0.15, 0.2) is 0 Å². The maximum Gasteiger partial charge on any atom is 0.237 e. The number of nitrogens with one attached hydrogen (secondary N) is 2. The predicted molar refractivity (Wildman–Crippen MR) is 136 cm³/mol. The van der Waals surface area contributed by atoms with Crippen LogP contribution in [0.3, 0.4) is 0 Å². The van der Waals surface area contributed by atoms with E-state index in [1.165, 1.54) is 12.1 Å². The van der Waals surface area contributed by atoms with Crippen molar-refractivity contribution >= 4 is 40.6 Å². The van der Waals surface area contributed by atoms with Crippen LogP contribution in [0, 0.1) is 11.7 Å². The summed E-state index contributed by atoms with van der Waals surface area (Å²) < 4.78 is 14.8. The van der Waals surface area contributed by atoms with Gasteiger partial charge in [-0.15, -0.1) is 0 Å². The lowest BCUT2D eigenvalue weighted by Crippen LogP contribution is -2.48. The zero-order valence-electron chi connectivity index (χ0n) is 19.6. The number of fused-ring (bicyclic) bond motifs is 2. The number of ketones is 1. The molecule has 0 unspecified atom stereocenters. The topological polar surface area (TPSA) is 98.7 Å². The summed E-state index contributed by atoms with van der Waals surface area (Å²) in [5.74, 6) is -1.19. The molecule has 0 aromatic heterocycles. The van der Waals surface area contributed by atoms with Gasteiger partial charge in [0.05, 0.1) is 23.8 Å². The van der Waals surface area contributed by atoms with Crippen LogP contribution in [0.2, 0.25) is 10.0 Å². The Hall–Kier alpha value is -2.03. The largest absolute Gasteiger partial charge is 0.394 e. The van der Waals surface area contributed by atoms with Crippen molar-refractivity contribution in [2.24, 2.45) is 5.92 Å². The highest BCUT2D eigenvalue weighted by Crippen LogP contribution is 2.57. The molecule has 9 heteroatoms. The van der Waals surface area contributed by atoms with E-state index in [9.17, 15) is 19.1 Å². The molecule has 1 spiro atoms. The van der Waals surface area contributed by atoms with Crippen molar-refractivity contribution in [2.45, 2.75) is 68.0 Å². The van der Waals surface area contributed by atoms with Gasteiger partial charge in [0.2, 0.25) is 5.91 Å². The lowest BCUT2D eigenvalue weighted by molar-refractivity contribution is -0.122. The van der Waals surface area contributed by atoms with Gasteiger partial charge in [-0.25, -0.2) is 4.39 Å². The molecule has 3 aliphatic rings. The summed E-state index contributed by atoms with van der Waals surface area (Å²) in [5.41, 5.74) is 0.461. The van der Waals surface area contributed by atoms with Crippen molar-refractivity contribution in [3.8, 4) is 0 Å². The third kappa shape index (κ3) is 4.45. The molecule has 6 nitrogen and oxygen atoms in total. The van der Waals surface area contributed by atoms with E-state index < -0.39 is 35.3 Å². The van der Waals surface area contributed by atoms with E-state index in [-0.39, 0.29) is 29.7 Å². The molecule has 1 saturated carbocycles. The van der Waals surface area contributed by atoms with Crippen LogP contribution in [0.15, 0.2) is 36.4 Å². The van der Waals surface area contributed by atoms with Crippen LogP contribution in [0.4, 0.5) is 10.1 Å². The normalized spacial score (nSPS) is 27.8. The highest BCUT2D eigenvalue weighted by molar-refractivity contribution is 6.31. The summed E-state index contributed by atoms with van der Waals surface area (Å²) >= 11 is 12.4. The monoisotopic (exact) mass is 534 g/mol. The molecular weight excluding hydrogens is 506 g/mol. The van der Waals surface area contributed by atoms with E-state index in [4.69, 9.17) is 28.3 Å². The first-order chi connectivity index (χ1) is 17.2. The van der Waals surface area contributed by atoms with Gasteiger partial charge >= 0.3 is 0 Å². The fourth-order valence-electron chi connectivity index (χ4n) is 6.05. The van der Waals surface area contributed by atoms with E-state index in [2.05, 4.69) is 10.6 Å². The molecular formula is C27H29Cl2FN2O4. The number of rotatable bonds is 9. The van der Waals surface area contributed by atoms with E-state index in [0.717, 1.165) is 18.4 Å². The lowest BCUT2D eigenvalue weighted by atomic mass is 9.63. The van der Waals surface area contributed by atoms with Gasteiger partial charge in [-0.3, -0.25) is 9.59 Å². The maximum absolute atomic E-state index is 14.8. The molecule has 36 heavy (non-hydrogen) atoms. The second-order valence-corrected chi connectivity index (χ2v) is 11.1. The van der Waals surface area contributed by atoms with Gasteiger partial charge in [0.25, 0.3) is 0 Å². The summed E-state index contributed by atoms with van der Waals surface area (Å²) in [6.45, 7) is -0.362. The van der Waals surface area contributed by atoms with Crippen molar-refractivity contribution in [3.05, 3.63) is 63.4 Å². The molecule has 2 aromatic rings. The fraction of sp³-hybridized carbons (Fsp3) is 0.481. The molecule has 0 radical (unpaired) electrons. The zero-order chi connectivity index (χ0) is 25.6. The van der Waals surface area contributed by atoms with Crippen LogP contribution in [-0.2, 0) is 15.0 Å². The number of benzene rings is 2. The Morgan fingerprint density at radius 3 is 2.69 bits per heavy atom. The Bertz CT molecular complexity index is 1190. The Labute approximate surface area is 219 Å². The SMILES string of the molecule is O=C(CCC[C@H](O)CO)[C@@H]1N[C@H](CC2CC2)[C@]2(C(=O)Nc3cc(Cl)c(F)cc32)[C@H]1c1cccc(Cl)c1. The van der Waals surface area contributed by atoms with Crippen LogP contribution in [0.25, 0.3) is 0 Å². The minimum atomic E-state index is -1.22. The highest BCUT2D eigenvalue weighted by Gasteiger charge is 2.65. The third-order valence-electron chi connectivity index (χ3n) is 7.88. The van der Waals surface area contributed by atoms with E-state index in [0.29, 0.717) is 41.5 Å². The first-order valence-corrected chi connectivity index (χ1v) is 13.2. The Morgan fingerprint density at radius 1 is 1.22 bits per heavy atom. The van der Waals surface area contributed by atoms with Crippen LogP contribution in [-0.4, -0.2) is 46.7 Å². The molecule has 2 heterocycles. The summed E-state index contributed by atoms with van der Waals surface area (Å²) in [7, 11) is 0. The van der Waals surface area contributed by atoms with Crippen LogP contribution in [0.5, 0.6) is 0 Å². The summed E-state index contributed by atoms with van der Waals surface area (Å²) in [6.07, 6.45) is 2.76. The number of Topliss-reactive ketones (excluding diaryl/α,β-unsaturated/α-hetero) is 1. The lowest BCUT2D eigenvalue weighted by Gasteiger charge is -2.35. The Kier molecular flexibility index (Phi) is 7.13. The van der Waals surface area contributed by atoms with Gasteiger partial charge in [0.1, 0.15) is 17.0 Å². The smallest absolute Gasteiger partial charge is 0.237 e. The standard InChI is InChI=1S/C27H29Cl2FN2O4/c28-16-4-1-3-15(10-16)24-25(22(35)6-2-5-17(34)13-33)32-23(9-14-7-8-14)27(24)18-11-20(30)19(29)12-21(18)31-26(27)36/h1,3-4,10-12,14,17,23-25,32-34H,2,5-9,13H2,(H,31,36)/t17-,23+,24-,25-,27-/m0/s1. The first kappa shape index (κ1) is 25.6. The third-order valence-corrected chi connectivity index (χ3v) is 8.40. The van der Waals surface area contributed by atoms with Gasteiger partial charge in [-0.2, -0.15) is 0 Å². The van der Waals surface area contributed by atoms with Crippen molar-refractivity contribution in [3.63, 3.8) is 0 Å². The van der Waals surface area contributed by atoms with Crippen LogP contribution < -0.4 is 10.6 Å². The summed E-state index contributed by atoms with van der Waals surface area (Å²) in [5, 5.41) is 25.7. The number of carbonyl (C=O) groups excluding carboxylic acids is 2. The second-order valence-electron chi connectivity index (χ2n) is 10.2. The van der Waals surface area contributed by atoms with E-state index in [1.807, 2.05) is 6.07 Å². The number of carbonyl (C=O) groups is 2. The molecule has 4 N–H and O–H groups in total.